The summed E-state index contributed by atoms with van der Waals surface area (Å²) in [7, 11) is 2.17. The van der Waals surface area contributed by atoms with Crippen LogP contribution < -0.4 is 0 Å². The third-order valence-corrected chi connectivity index (χ3v) is 5.95. The average molecular weight is 404 g/mol. The van der Waals surface area contributed by atoms with Gasteiger partial charge < -0.3 is 9.80 Å². The van der Waals surface area contributed by atoms with Crippen LogP contribution >= 0.6 is 0 Å². The quantitative estimate of drug-likeness (QED) is 0.556. The first-order valence-electron chi connectivity index (χ1n) is 11.0. The standard InChI is InChI=1S/C26H33N3O/c1-5-7-26(30)29(18-21-10-12-28(4)13-11-21)19-22-14-20(2)15-24(16-22)23-8-6-9-25(17-23)27-3/h6,8-9,14-17,21H,5,7,10-13,18-19H2,1-2,4H3. The summed E-state index contributed by atoms with van der Waals surface area (Å²) in [5.74, 6) is 0.844. The molecule has 4 nitrogen and oxygen atoms in total. The van der Waals surface area contributed by atoms with Gasteiger partial charge in [-0.1, -0.05) is 42.8 Å². The Balaban J connectivity index is 1.81. The van der Waals surface area contributed by atoms with E-state index in [1.165, 1.54) is 5.56 Å². The number of carbonyl (C=O) groups is 1. The van der Waals surface area contributed by atoms with Crippen LogP contribution in [0.3, 0.4) is 0 Å². The molecule has 0 saturated carbocycles. The Hall–Kier alpha value is -2.64. The van der Waals surface area contributed by atoms with Gasteiger partial charge in [0.05, 0.1) is 6.57 Å². The van der Waals surface area contributed by atoms with E-state index in [0.717, 1.165) is 55.6 Å². The fraction of sp³-hybridized carbons (Fsp3) is 0.462. The third kappa shape index (κ3) is 5.93. The van der Waals surface area contributed by atoms with Crippen molar-refractivity contribution in [1.82, 2.24) is 9.80 Å². The molecule has 0 aliphatic carbocycles. The van der Waals surface area contributed by atoms with Crippen LogP contribution in [0.25, 0.3) is 16.0 Å². The van der Waals surface area contributed by atoms with Gasteiger partial charge in [0.1, 0.15) is 0 Å². The average Bonchev–Trinajstić information content (AvgIpc) is 2.74. The molecule has 4 heteroatoms. The highest BCUT2D eigenvalue weighted by Crippen LogP contribution is 2.27. The van der Waals surface area contributed by atoms with Crippen molar-refractivity contribution in [3.05, 3.63) is 65.0 Å². The summed E-state index contributed by atoms with van der Waals surface area (Å²) in [5, 5.41) is 0. The molecule has 0 unspecified atom stereocenters. The second-order valence-corrected chi connectivity index (χ2v) is 8.64. The minimum absolute atomic E-state index is 0.259. The van der Waals surface area contributed by atoms with Gasteiger partial charge in [0.25, 0.3) is 0 Å². The zero-order chi connectivity index (χ0) is 21.5. The van der Waals surface area contributed by atoms with Crippen molar-refractivity contribution in [3.8, 4) is 11.1 Å². The van der Waals surface area contributed by atoms with Crippen molar-refractivity contribution in [3.63, 3.8) is 0 Å². The van der Waals surface area contributed by atoms with E-state index in [1.807, 2.05) is 24.3 Å². The second-order valence-electron chi connectivity index (χ2n) is 8.64. The highest BCUT2D eigenvalue weighted by molar-refractivity contribution is 5.76. The topological polar surface area (TPSA) is 27.9 Å². The van der Waals surface area contributed by atoms with Crippen LogP contribution in [0.2, 0.25) is 0 Å². The molecule has 1 amide bonds. The van der Waals surface area contributed by atoms with Crippen molar-refractivity contribution in [2.45, 2.75) is 46.1 Å². The van der Waals surface area contributed by atoms with Gasteiger partial charge in [0.2, 0.25) is 5.91 Å². The highest BCUT2D eigenvalue weighted by Gasteiger charge is 2.22. The summed E-state index contributed by atoms with van der Waals surface area (Å²) in [6.45, 7) is 15.2. The van der Waals surface area contributed by atoms with E-state index in [4.69, 9.17) is 6.57 Å². The molecule has 158 valence electrons. The molecule has 2 aromatic carbocycles. The maximum Gasteiger partial charge on any atom is 0.222 e. The minimum Gasteiger partial charge on any atom is -0.338 e. The third-order valence-electron chi connectivity index (χ3n) is 5.95. The summed E-state index contributed by atoms with van der Waals surface area (Å²) >= 11 is 0. The number of piperidine rings is 1. The zero-order valence-corrected chi connectivity index (χ0v) is 18.5. The maximum absolute atomic E-state index is 12.9. The SMILES string of the molecule is [C-]#[N+]c1cccc(-c2cc(C)cc(CN(CC3CCN(C)CC3)C(=O)CCC)c2)c1. The van der Waals surface area contributed by atoms with E-state index in [-0.39, 0.29) is 5.91 Å². The number of carbonyl (C=O) groups excluding carboxylic acids is 1. The van der Waals surface area contributed by atoms with E-state index >= 15 is 0 Å². The largest absolute Gasteiger partial charge is 0.338 e. The summed E-state index contributed by atoms with van der Waals surface area (Å²) in [4.78, 5) is 20.9. The molecular weight excluding hydrogens is 370 g/mol. The summed E-state index contributed by atoms with van der Waals surface area (Å²) < 4.78 is 0. The van der Waals surface area contributed by atoms with Crippen LogP contribution in [0.5, 0.6) is 0 Å². The van der Waals surface area contributed by atoms with Crippen LogP contribution in [-0.4, -0.2) is 42.4 Å². The van der Waals surface area contributed by atoms with E-state index in [9.17, 15) is 4.79 Å². The fourth-order valence-corrected chi connectivity index (χ4v) is 4.28. The lowest BCUT2D eigenvalue weighted by Gasteiger charge is -2.33. The molecule has 3 rings (SSSR count). The lowest BCUT2D eigenvalue weighted by atomic mass is 9.95. The van der Waals surface area contributed by atoms with Crippen LogP contribution in [0.4, 0.5) is 5.69 Å². The van der Waals surface area contributed by atoms with Crippen molar-refractivity contribution >= 4 is 11.6 Å². The molecule has 0 bridgehead atoms. The Morgan fingerprint density at radius 2 is 1.93 bits per heavy atom. The molecule has 0 aromatic heterocycles. The number of rotatable bonds is 7. The second kappa shape index (κ2) is 10.4. The molecule has 1 aliphatic heterocycles. The fourth-order valence-electron chi connectivity index (χ4n) is 4.28. The van der Waals surface area contributed by atoms with Gasteiger partial charge in [-0.25, -0.2) is 4.85 Å². The van der Waals surface area contributed by atoms with Crippen molar-refractivity contribution < 1.29 is 4.79 Å². The minimum atomic E-state index is 0.259. The Morgan fingerprint density at radius 3 is 2.63 bits per heavy atom. The summed E-state index contributed by atoms with van der Waals surface area (Å²) in [6.07, 6.45) is 3.81. The first-order valence-corrected chi connectivity index (χ1v) is 11.0. The molecule has 1 heterocycles. The summed E-state index contributed by atoms with van der Waals surface area (Å²) in [5.41, 5.74) is 5.15. The van der Waals surface area contributed by atoms with Gasteiger partial charge in [-0.2, -0.15) is 0 Å². The van der Waals surface area contributed by atoms with E-state index in [2.05, 4.69) is 53.7 Å². The Labute approximate surface area is 181 Å². The predicted molar refractivity (Wildman–Crippen MR) is 123 cm³/mol. The number of amides is 1. The van der Waals surface area contributed by atoms with Crippen LogP contribution in [0, 0.1) is 19.4 Å². The Kier molecular flexibility index (Phi) is 7.65. The molecule has 0 N–H and O–H groups in total. The van der Waals surface area contributed by atoms with E-state index in [1.54, 1.807) is 0 Å². The van der Waals surface area contributed by atoms with Gasteiger partial charge >= 0.3 is 0 Å². The van der Waals surface area contributed by atoms with Gasteiger partial charge in [-0.3, -0.25) is 4.79 Å². The molecule has 0 radical (unpaired) electrons. The molecule has 2 aromatic rings. The molecule has 1 aliphatic rings. The number of benzene rings is 2. The van der Waals surface area contributed by atoms with Gasteiger partial charge in [0, 0.05) is 19.5 Å². The molecular formula is C26H33N3O. The molecule has 0 atom stereocenters. The lowest BCUT2D eigenvalue weighted by molar-refractivity contribution is -0.132. The Morgan fingerprint density at radius 1 is 1.17 bits per heavy atom. The monoisotopic (exact) mass is 403 g/mol. The number of hydrogen-bond acceptors (Lipinski definition) is 2. The molecule has 30 heavy (non-hydrogen) atoms. The molecule has 1 fully saturated rings. The van der Waals surface area contributed by atoms with E-state index < -0.39 is 0 Å². The van der Waals surface area contributed by atoms with Gasteiger partial charge in [-0.05, 0) is 81.1 Å². The van der Waals surface area contributed by atoms with Crippen LogP contribution in [0.1, 0.15) is 43.7 Å². The van der Waals surface area contributed by atoms with Crippen molar-refractivity contribution in [2.24, 2.45) is 5.92 Å². The zero-order valence-electron chi connectivity index (χ0n) is 18.5. The lowest BCUT2D eigenvalue weighted by Crippen LogP contribution is -2.39. The first kappa shape index (κ1) is 22.1. The van der Waals surface area contributed by atoms with Crippen LogP contribution in [0.15, 0.2) is 42.5 Å². The van der Waals surface area contributed by atoms with Gasteiger partial charge in [0.15, 0.2) is 5.69 Å². The normalized spacial score (nSPS) is 15.0. The Bertz CT molecular complexity index is 907. The van der Waals surface area contributed by atoms with E-state index in [0.29, 0.717) is 24.6 Å². The van der Waals surface area contributed by atoms with Gasteiger partial charge in [-0.15, -0.1) is 0 Å². The smallest absolute Gasteiger partial charge is 0.222 e. The van der Waals surface area contributed by atoms with Crippen molar-refractivity contribution in [2.75, 3.05) is 26.7 Å². The molecule has 0 spiro atoms. The number of aryl methyl sites for hydroxylation is 1. The molecule has 1 saturated heterocycles. The number of hydrogen-bond donors (Lipinski definition) is 0. The maximum atomic E-state index is 12.9. The predicted octanol–water partition coefficient (Wildman–Crippen LogP) is 5.68. The first-order chi connectivity index (χ1) is 14.5. The van der Waals surface area contributed by atoms with Crippen molar-refractivity contribution in [1.29, 1.82) is 0 Å². The summed E-state index contributed by atoms with van der Waals surface area (Å²) in [6, 6.07) is 14.3. The number of nitrogens with zero attached hydrogens (tertiary/aromatic N) is 3. The highest BCUT2D eigenvalue weighted by atomic mass is 16.2. The number of likely N-dealkylation sites (tertiary alicyclic amines) is 1. The van der Waals surface area contributed by atoms with Crippen LogP contribution in [-0.2, 0) is 11.3 Å².